The van der Waals surface area contributed by atoms with Crippen molar-refractivity contribution < 1.29 is 21.6 Å². The summed E-state index contributed by atoms with van der Waals surface area (Å²) in [5.74, 6) is -0.514. The number of carbonyl (C=O) groups is 1. The van der Waals surface area contributed by atoms with Gasteiger partial charge in [-0.3, -0.25) is 4.79 Å². The molecular weight excluding hydrogens is 424 g/mol. The maximum Gasteiger partial charge on any atom is 0.255 e. The Balaban J connectivity index is 1.82. The molecule has 3 rings (SSSR count). The molecule has 0 bridgehead atoms. The van der Waals surface area contributed by atoms with Crippen molar-refractivity contribution in [3.8, 4) is 0 Å². The predicted octanol–water partition coefficient (Wildman–Crippen LogP) is 3.30. The van der Waals surface area contributed by atoms with E-state index in [1.54, 1.807) is 16.4 Å². The number of nitrogens with zero attached hydrogens (tertiary/aromatic N) is 1. The van der Waals surface area contributed by atoms with Crippen LogP contribution in [0.5, 0.6) is 0 Å². The number of carbonyl (C=O) groups excluding carboxylic acids is 1. The Labute approximate surface area is 178 Å². The molecule has 1 aliphatic rings. The molecule has 7 nitrogen and oxygen atoms in total. The second-order valence-corrected chi connectivity index (χ2v) is 11.3. The molecule has 1 unspecified atom stereocenters. The molecule has 30 heavy (non-hydrogen) atoms. The molecule has 1 saturated heterocycles. The Morgan fingerprint density at radius 1 is 1.03 bits per heavy atom. The van der Waals surface area contributed by atoms with E-state index >= 15 is 0 Å². The third-order valence-corrected chi connectivity index (χ3v) is 8.42. The Bertz CT molecular complexity index is 1130. The summed E-state index contributed by atoms with van der Waals surface area (Å²) in [6.45, 7) is 2.49. The summed E-state index contributed by atoms with van der Waals surface area (Å²) in [5, 5.41) is 2.59. The van der Waals surface area contributed by atoms with Crippen molar-refractivity contribution in [1.82, 2.24) is 4.31 Å². The van der Waals surface area contributed by atoms with Crippen LogP contribution >= 0.6 is 0 Å². The highest BCUT2D eigenvalue weighted by molar-refractivity contribution is 7.91. The first-order valence-electron chi connectivity index (χ1n) is 9.87. The first-order valence-corrected chi connectivity index (χ1v) is 13.2. The number of sulfone groups is 1. The first kappa shape index (κ1) is 22.5. The average Bonchev–Trinajstić information content (AvgIpc) is 2.73. The lowest BCUT2D eigenvalue weighted by Gasteiger charge is -2.34. The number of rotatable bonds is 6. The van der Waals surface area contributed by atoms with E-state index in [0.29, 0.717) is 6.54 Å². The van der Waals surface area contributed by atoms with E-state index in [4.69, 9.17) is 0 Å². The lowest BCUT2D eigenvalue weighted by atomic mass is 10.0. The summed E-state index contributed by atoms with van der Waals surface area (Å²) in [5.41, 5.74) is 0.420. The first-order chi connectivity index (χ1) is 14.1. The van der Waals surface area contributed by atoms with Crippen LogP contribution in [0.1, 0.15) is 43.0 Å². The quantitative estimate of drug-likeness (QED) is 0.728. The molecular formula is C21H26N2O5S2. The van der Waals surface area contributed by atoms with Gasteiger partial charge in [0.05, 0.1) is 15.5 Å². The largest absolute Gasteiger partial charge is 0.321 e. The number of para-hydroxylation sites is 1. The van der Waals surface area contributed by atoms with Crippen molar-refractivity contribution in [2.75, 3.05) is 18.1 Å². The fourth-order valence-corrected chi connectivity index (χ4v) is 6.31. The molecule has 2 aromatic carbocycles. The molecule has 1 atom stereocenters. The molecule has 1 amide bonds. The van der Waals surface area contributed by atoms with Crippen LogP contribution < -0.4 is 5.32 Å². The summed E-state index contributed by atoms with van der Waals surface area (Å²) in [4.78, 5) is 12.8. The second-order valence-electron chi connectivity index (χ2n) is 7.42. The van der Waals surface area contributed by atoms with Gasteiger partial charge in [-0.15, -0.1) is 0 Å². The molecule has 1 aliphatic heterocycles. The van der Waals surface area contributed by atoms with Crippen LogP contribution in [0.25, 0.3) is 0 Å². The Hall–Kier alpha value is -2.23. The van der Waals surface area contributed by atoms with Gasteiger partial charge in [0.2, 0.25) is 10.0 Å². The highest BCUT2D eigenvalue weighted by atomic mass is 32.2. The third-order valence-electron chi connectivity index (χ3n) is 5.30. The van der Waals surface area contributed by atoms with Crippen LogP contribution in [0.4, 0.5) is 5.69 Å². The van der Waals surface area contributed by atoms with Gasteiger partial charge in [-0.1, -0.05) is 25.5 Å². The van der Waals surface area contributed by atoms with Gasteiger partial charge in [-0.25, -0.2) is 16.8 Å². The van der Waals surface area contributed by atoms with Gasteiger partial charge in [0, 0.05) is 24.4 Å². The molecule has 0 spiro atoms. The number of piperidine rings is 1. The summed E-state index contributed by atoms with van der Waals surface area (Å²) in [6, 6.07) is 11.9. The topological polar surface area (TPSA) is 101 Å². The fraction of sp³-hybridized carbons (Fsp3) is 0.381. The van der Waals surface area contributed by atoms with Gasteiger partial charge < -0.3 is 5.32 Å². The predicted molar refractivity (Wildman–Crippen MR) is 116 cm³/mol. The maximum atomic E-state index is 13.0. The number of anilines is 1. The van der Waals surface area contributed by atoms with Crippen LogP contribution in [0.15, 0.2) is 58.3 Å². The van der Waals surface area contributed by atoms with Gasteiger partial charge in [0.25, 0.3) is 5.91 Å². The molecule has 9 heteroatoms. The molecule has 2 aromatic rings. The Morgan fingerprint density at radius 3 is 2.33 bits per heavy atom. The molecule has 1 heterocycles. The smallest absolute Gasteiger partial charge is 0.255 e. The Kier molecular flexibility index (Phi) is 6.64. The van der Waals surface area contributed by atoms with E-state index < -0.39 is 25.8 Å². The minimum absolute atomic E-state index is 0.000723. The molecule has 1 N–H and O–H groups in total. The van der Waals surface area contributed by atoms with Gasteiger partial charge in [0.15, 0.2) is 9.84 Å². The summed E-state index contributed by atoms with van der Waals surface area (Å²) in [6.07, 6.45) is 4.56. The highest BCUT2D eigenvalue weighted by Gasteiger charge is 2.32. The lowest BCUT2D eigenvalue weighted by molar-refractivity contribution is 0.102. The minimum Gasteiger partial charge on any atom is -0.321 e. The zero-order valence-corrected chi connectivity index (χ0v) is 18.7. The normalized spacial score (nSPS) is 18.1. The molecule has 0 saturated carbocycles. The van der Waals surface area contributed by atoms with Crippen LogP contribution in [-0.4, -0.2) is 45.9 Å². The van der Waals surface area contributed by atoms with Crippen molar-refractivity contribution in [3.63, 3.8) is 0 Å². The van der Waals surface area contributed by atoms with Gasteiger partial charge in [-0.05, 0) is 55.7 Å². The molecule has 0 aliphatic carbocycles. The molecule has 0 radical (unpaired) electrons. The van der Waals surface area contributed by atoms with Crippen LogP contribution in [0.3, 0.4) is 0 Å². The van der Waals surface area contributed by atoms with E-state index in [2.05, 4.69) is 5.32 Å². The average molecular weight is 451 g/mol. The highest BCUT2D eigenvalue weighted by Crippen LogP contribution is 2.27. The lowest BCUT2D eigenvalue weighted by Crippen LogP contribution is -2.43. The minimum atomic E-state index is -3.63. The molecule has 0 aromatic heterocycles. The van der Waals surface area contributed by atoms with E-state index in [0.717, 1.165) is 31.9 Å². The van der Waals surface area contributed by atoms with Crippen molar-refractivity contribution >= 4 is 31.5 Å². The standard InChI is InChI=1S/C21H26N2O5S2/c1-3-17-8-6-7-15-23(17)30(27,28)18-13-11-16(12-14-18)21(24)22-19-9-4-5-10-20(19)29(2,25)26/h4-5,9-14,17H,3,6-8,15H2,1-2H3,(H,22,24). The Morgan fingerprint density at radius 2 is 1.70 bits per heavy atom. The zero-order chi connectivity index (χ0) is 21.9. The van der Waals surface area contributed by atoms with Crippen LogP contribution in [0, 0.1) is 0 Å². The third kappa shape index (κ3) is 4.74. The van der Waals surface area contributed by atoms with Gasteiger partial charge >= 0.3 is 0 Å². The molecule has 162 valence electrons. The fourth-order valence-electron chi connectivity index (χ4n) is 3.70. The number of benzene rings is 2. The number of nitrogens with one attached hydrogen (secondary N) is 1. The van der Waals surface area contributed by atoms with Crippen molar-refractivity contribution in [3.05, 3.63) is 54.1 Å². The van der Waals surface area contributed by atoms with Gasteiger partial charge in [-0.2, -0.15) is 4.31 Å². The summed E-state index contributed by atoms with van der Waals surface area (Å²) in [7, 11) is -7.14. The summed E-state index contributed by atoms with van der Waals surface area (Å²) < 4.78 is 51.5. The SMILES string of the molecule is CCC1CCCCN1S(=O)(=O)c1ccc(C(=O)Nc2ccccc2S(C)(=O)=O)cc1. The zero-order valence-electron chi connectivity index (χ0n) is 17.0. The number of hydrogen-bond acceptors (Lipinski definition) is 5. The number of amides is 1. The van der Waals surface area contributed by atoms with E-state index in [1.807, 2.05) is 6.92 Å². The van der Waals surface area contributed by atoms with Crippen molar-refractivity contribution in [2.24, 2.45) is 0 Å². The monoisotopic (exact) mass is 450 g/mol. The van der Waals surface area contributed by atoms with E-state index in [1.165, 1.54) is 36.4 Å². The second kappa shape index (κ2) is 8.87. The summed E-state index contributed by atoms with van der Waals surface area (Å²) >= 11 is 0. The van der Waals surface area contributed by atoms with Crippen LogP contribution in [-0.2, 0) is 19.9 Å². The molecule has 1 fully saturated rings. The van der Waals surface area contributed by atoms with E-state index in [-0.39, 0.29) is 27.1 Å². The number of sulfonamides is 1. The van der Waals surface area contributed by atoms with Crippen LogP contribution in [0.2, 0.25) is 0 Å². The van der Waals surface area contributed by atoms with Crippen molar-refractivity contribution in [1.29, 1.82) is 0 Å². The number of hydrogen-bond donors (Lipinski definition) is 1. The maximum absolute atomic E-state index is 13.0. The van der Waals surface area contributed by atoms with E-state index in [9.17, 15) is 21.6 Å². The van der Waals surface area contributed by atoms with Crippen molar-refractivity contribution in [2.45, 2.75) is 48.4 Å². The van der Waals surface area contributed by atoms with Gasteiger partial charge in [0.1, 0.15) is 0 Å².